The van der Waals surface area contributed by atoms with Gasteiger partial charge in [0, 0.05) is 0 Å². The predicted molar refractivity (Wildman–Crippen MR) is 67.3 cm³/mol. The van der Waals surface area contributed by atoms with Gasteiger partial charge in [0.1, 0.15) is 5.75 Å². The smallest absolute Gasteiger partial charge is 0.341 e. The van der Waals surface area contributed by atoms with Crippen LogP contribution >= 0.6 is 0 Å². The third-order valence-electron chi connectivity index (χ3n) is 2.63. The molecule has 3 nitrogen and oxygen atoms in total. The number of carboxylic acid groups (broad SMARTS) is 1. The summed E-state index contributed by atoms with van der Waals surface area (Å²) in [4.78, 5) is 10.4. The number of rotatable bonds is 7. The molecule has 1 aromatic carbocycles. The Morgan fingerprint density at radius 2 is 2.24 bits per heavy atom. The zero-order valence-electron chi connectivity index (χ0n) is 10.5. The van der Waals surface area contributed by atoms with Crippen LogP contribution in [0, 0.1) is 5.92 Å². The highest BCUT2D eigenvalue weighted by molar-refractivity contribution is 5.68. The standard InChI is InChI=1S/C14H20O3/c1-3-5-11(2)8-12-6-4-7-13(9-12)17-10-14(15)16/h4,6-7,9,11H,3,5,8,10H2,1-2H3,(H,15,16). The Morgan fingerprint density at radius 3 is 2.88 bits per heavy atom. The molecule has 0 aliphatic heterocycles. The van der Waals surface area contributed by atoms with E-state index in [4.69, 9.17) is 9.84 Å². The topological polar surface area (TPSA) is 46.5 Å². The molecular weight excluding hydrogens is 216 g/mol. The Bertz CT molecular complexity index is 360. The monoisotopic (exact) mass is 236 g/mol. The van der Waals surface area contributed by atoms with Gasteiger partial charge < -0.3 is 9.84 Å². The fourth-order valence-electron chi connectivity index (χ4n) is 1.90. The van der Waals surface area contributed by atoms with Crippen molar-refractivity contribution in [1.29, 1.82) is 0 Å². The maximum Gasteiger partial charge on any atom is 0.341 e. The van der Waals surface area contributed by atoms with E-state index in [2.05, 4.69) is 19.9 Å². The van der Waals surface area contributed by atoms with Crippen molar-refractivity contribution in [3.8, 4) is 5.75 Å². The molecule has 0 amide bonds. The summed E-state index contributed by atoms with van der Waals surface area (Å²) in [6.07, 6.45) is 3.41. The van der Waals surface area contributed by atoms with Crippen LogP contribution in [0.1, 0.15) is 32.3 Å². The van der Waals surface area contributed by atoms with Crippen molar-refractivity contribution in [3.05, 3.63) is 29.8 Å². The molecule has 0 radical (unpaired) electrons. The third-order valence-corrected chi connectivity index (χ3v) is 2.63. The molecule has 0 spiro atoms. The van der Waals surface area contributed by atoms with Gasteiger partial charge >= 0.3 is 5.97 Å². The largest absolute Gasteiger partial charge is 0.482 e. The first kappa shape index (κ1) is 13.6. The van der Waals surface area contributed by atoms with Crippen LogP contribution in [0.2, 0.25) is 0 Å². The van der Waals surface area contributed by atoms with Crippen molar-refractivity contribution >= 4 is 5.97 Å². The van der Waals surface area contributed by atoms with Crippen LogP contribution in [0.25, 0.3) is 0 Å². The second-order valence-electron chi connectivity index (χ2n) is 4.43. The van der Waals surface area contributed by atoms with E-state index in [9.17, 15) is 4.79 Å². The highest BCUT2D eigenvalue weighted by atomic mass is 16.5. The van der Waals surface area contributed by atoms with Gasteiger partial charge in [0.2, 0.25) is 0 Å². The Hall–Kier alpha value is -1.51. The SMILES string of the molecule is CCCC(C)Cc1cccc(OCC(=O)O)c1. The van der Waals surface area contributed by atoms with Gasteiger partial charge in [0.25, 0.3) is 0 Å². The highest BCUT2D eigenvalue weighted by Gasteiger charge is 2.04. The van der Waals surface area contributed by atoms with Crippen LogP contribution in [-0.4, -0.2) is 17.7 Å². The molecule has 1 aromatic rings. The van der Waals surface area contributed by atoms with Gasteiger partial charge in [0.15, 0.2) is 6.61 Å². The average molecular weight is 236 g/mol. The van der Waals surface area contributed by atoms with Gasteiger partial charge in [-0.1, -0.05) is 38.8 Å². The van der Waals surface area contributed by atoms with Crippen LogP contribution in [0.4, 0.5) is 0 Å². The summed E-state index contributed by atoms with van der Waals surface area (Å²) in [5, 5.41) is 8.53. The van der Waals surface area contributed by atoms with Crippen molar-refractivity contribution in [2.75, 3.05) is 6.61 Å². The summed E-state index contributed by atoms with van der Waals surface area (Å²) in [5.74, 6) is 0.332. The molecule has 17 heavy (non-hydrogen) atoms. The number of hydrogen-bond donors (Lipinski definition) is 1. The van der Waals surface area contributed by atoms with Crippen LogP contribution < -0.4 is 4.74 Å². The van der Waals surface area contributed by atoms with Crippen LogP contribution in [0.5, 0.6) is 5.75 Å². The third kappa shape index (κ3) is 5.38. The summed E-state index contributed by atoms with van der Waals surface area (Å²) < 4.78 is 5.15. The molecular formula is C14H20O3. The fourth-order valence-corrected chi connectivity index (χ4v) is 1.90. The lowest BCUT2D eigenvalue weighted by atomic mass is 9.97. The molecule has 0 saturated heterocycles. The number of ether oxygens (including phenoxy) is 1. The molecule has 1 atom stereocenters. The maximum atomic E-state index is 10.4. The van der Waals surface area contributed by atoms with E-state index >= 15 is 0 Å². The second-order valence-corrected chi connectivity index (χ2v) is 4.43. The highest BCUT2D eigenvalue weighted by Crippen LogP contribution is 2.18. The molecule has 0 saturated carbocycles. The number of hydrogen-bond acceptors (Lipinski definition) is 2. The Kier molecular flexibility index (Phi) is 5.53. The van der Waals surface area contributed by atoms with Gasteiger partial charge in [-0.2, -0.15) is 0 Å². The van der Waals surface area contributed by atoms with Gasteiger partial charge in [-0.05, 0) is 30.0 Å². The zero-order valence-corrected chi connectivity index (χ0v) is 10.5. The Labute approximate surface area is 102 Å². The van der Waals surface area contributed by atoms with Gasteiger partial charge in [-0.25, -0.2) is 4.79 Å². The Morgan fingerprint density at radius 1 is 1.47 bits per heavy atom. The maximum absolute atomic E-state index is 10.4. The first-order chi connectivity index (χ1) is 8.11. The Balaban J connectivity index is 2.56. The van der Waals surface area contributed by atoms with Crippen LogP contribution in [0.3, 0.4) is 0 Å². The van der Waals surface area contributed by atoms with E-state index in [1.54, 1.807) is 6.07 Å². The molecule has 3 heteroatoms. The molecule has 0 aliphatic rings. The molecule has 1 rings (SSSR count). The number of carbonyl (C=O) groups is 1. The molecule has 1 unspecified atom stereocenters. The van der Waals surface area contributed by atoms with Crippen molar-refractivity contribution in [1.82, 2.24) is 0 Å². The van der Waals surface area contributed by atoms with E-state index in [1.165, 1.54) is 18.4 Å². The van der Waals surface area contributed by atoms with Crippen molar-refractivity contribution in [3.63, 3.8) is 0 Å². The summed E-state index contributed by atoms with van der Waals surface area (Å²) >= 11 is 0. The van der Waals surface area contributed by atoms with Crippen LogP contribution in [0.15, 0.2) is 24.3 Å². The second kappa shape index (κ2) is 6.94. The fraction of sp³-hybridized carbons (Fsp3) is 0.500. The van der Waals surface area contributed by atoms with E-state index in [0.717, 1.165) is 6.42 Å². The summed E-state index contributed by atoms with van der Waals surface area (Å²) in [6.45, 7) is 4.13. The number of carboxylic acids is 1. The lowest BCUT2D eigenvalue weighted by Gasteiger charge is -2.11. The minimum Gasteiger partial charge on any atom is -0.482 e. The first-order valence-corrected chi connectivity index (χ1v) is 6.05. The molecule has 94 valence electrons. The first-order valence-electron chi connectivity index (χ1n) is 6.05. The normalized spacial score (nSPS) is 12.1. The molecule has 0 aromatic heterocycles. The lowest BCUT2D eigenvalue weighted by molar-refractivity contribution is -0.139. The van der Waals surface area contributed by atoms with E-state index in [1.807, 2.05) is 12.1 Å². The van der Waals surface area contributed by atoms with E-state index in [0.29, 0.717) is 11.7 Å². The molecule has 0 bridgehead atoms. The van der Waals surface area contributed by atoms with Crippen LogP contribution in [-0.2, 0) is 11.2 Å². The van der Waals surface area contributed by atoms with Gasteiger partial charge in [0.05, 0.1) is 0 Å². The molecule has 0 heterocycles. The summed E-state index contributed by atoms with van der Waals surface area (Å²) in [7, 11) is 0. The van der Waals surface area contributed by atoms with E-state index < -0.39 is 5.97 Å². The zero-order chi connectivity index (χ0) is 12.7. The van der Waals surface area contributed by atoms with Gasteiger partial charge in [-0.3, -0.25) is 0 Å². The summed E-state index contributed by atoms with van der Waals surface area (Å²) in [5.41, 5.74) is 1.20. The average Bonchev–Trinajstić information content (AvgIpc) is 2.27. The predicted octanol–water partition coefficient (Wildman–Crippen LogP) is 3.13. The molecule has 0 aliphatic carbocycles. The molecule has 1 N–H and O–H groups in total. The number of aliphatic carboxylic acids is 1. The van der Waals surface area contributed by atoms with E-state index in [-0.39, 0.29) is 6.61 Å². The molecule has 0 fully saturated rings. The number of benzene rings is 1. The quantitative estimate of drug-likeness (QED) is 0.791. The van der Waals surface area contributed by atoms with Crippen molar-refractivity contribution < 1.29 is 14.6 Å². The minimum absolute atomic E-state index is 0.284. The van der Waals surface area contributed by atoms with Crippen molar-refractivity contribution in [2.45, 2.75) is 33.1 Å². The minimum atomic E-state index is -0.949. The summed E-state index contributed by atoms with van der Waals surface area (Å²) in [6, 6.07) is 7.68. The lowest BCUT2D eigenvalue weighted by Crippen LogP contribution is -2.09. The van der Waals surface area contributed by atoms with Crippen molar-refractivity contribution in [2.24, 2.45) is 5.92 Å². The van der Waals surface area contributed by atoms with Gasteiger partial charge in [-0.15, -0.1) is 0 Å².